The minimum atomic E-state index is -0.507. The molecule has 5 nitrogen and oxygen atoms in total. The predicted molar refractivity (Wildman–Crippen MR) is 78.4 cm³/mol. The van der Waals surface area contributed by atoms with Crippen LogP contribution in [0.4, 0.5) is 4.79 Å². The van der Waals surface area contributed by atoms with Crippen molar-refractivity contribution in [3.8, 4) is 0 Å². The minimum Gasteiger partial charge on any atom is -0.439 e. The van der Waals surface area contributed by atoms with E-state index in [4.69, 9.17) is 4.74 Å². The van der Waals surface area contributed by atoms with Gasteiger partial charge in [0.05, 0.1) is 0 Å². The van der Waals surface area contributed by atoms with Crippen LogP contribution in [0.3, 0.4) is 0 Å². The van der Waals surface area contributed by atoms with Crippen LogP contribution in [0.15, 0.2) is 0 Å². The van der Waals surface area contributed by atoms with Crippen LogP contribution in [0.1, 0.15) is 58.8 Å². The molecule has 0 heterocycles. The van der Waals surface area contributed by atoms with Gasteiger partial charge in [-0.2, -0.15) is 0 Å². The van der Waals surface area contributed by atoms with Gasteiger partial charge in [0.15, 0.2) is 6.61 Å². The van der Waals surface area contributed by atoms with Crippen LogP contribution in [-0.2, 0) is 9.53 Å². The molecule has 0 aromatic carbocycles. The summed E-state index contributed by atoms with van der Waals surface area (Å²) in [5, 5.41) is 5.57. The van der Waals surface area contributed by atoms with Gasteiger partial charge >= 0.3 is 6.09 Å². The molecule has 0 spiro atoms. The van der Waals surface area contributed by atoms with Crippen molar-refractivity contribution < 1.29 is 14.3 Å². The lowest BCUT2D eigenvalue weighted by molar-refractivity contribution is -0.124. The van der Waals surface area contributed by atoms with Crippen LogP contribution < -0.4 is 10.6 Å². The smallest absolute Gasteiger partial charge is 0.407 e. The van der Waals surface area contributed by atoms with Crippen LogP contribution in [-0.4, -0.2) is 31.2 Å². The molecule has 0 bridgehead atoms. The highest BCUT2D eigenvalue weighted by molar-refractivity contribution is 5.80. The maximum Gasteiger partial charge on any atom is 0.407 e. The zero-order valence-corrected chi connectivity index (χ0v) is 12.7. The number of ether oxygens (including phenoxy) is 1. The fraction of sp³-hybridized carbons (Fsp3) is 0.867. The largest absolute Gasteiger partial charge is 0.439 e. The van der Waals surface area contributed by atoms with Crippen LogP contribution >= 0.6 is 0 Å². The van der Waals surface area contributed by atoms with Gasteiger partial charge in [-0.15, -0.1) is 0 Å². The summed E-state index contributed by atoms with van der Waals surface area (Å²) in [5.41, 5.74) is 0. The molecule has 0 radical (unpaired) electrons. The first kappa shape index (κ1) is 16.8. The van der Waals surface area contributed by atoms with Crippen molar-refractivity contribution >= 4 is 12.0 Å². The van der Waals surface area contributed by atoms with Crippen molar-refractivity contribution in [1.29, 1.82) is 0 Å². The molecule has 2 amide bonds. The summed E-state index contributed by atoms with van der Waals surface area (Å²) in [6.45, 7) is 4.70. The first-order valence-electron chi connectivity index (χ1n) is 7.78. The zero-order valence-electron chi connectivity index (χ0n) is 12.7. The van der Waals surface area contributed by atoms with Crippen LogP contribution in [0.2, 0.25) is 0 Å². The van der Waals surface area contributed by atoms with Crippen LogP contribution in [0, 0.1) is 5.92 Å². The first-order chi connectivity index (χ1) is 9.58. The van der Waals surface area contributed by atoms with Gasteiger partial charge in [-0.3, -0.25) is 4.79 Å². The summed E-state index contributed by atoms with van der Waals surface area (Å²) in [6, 6.07) is 0.258. The monoisotopic (exact) mass is 284 g/mol. The lowest BCUT2D eigenvalue weighted by atomic mass is 9.95. The third-order valence-electron chi connectivity index (χ3n) is 3.53. The quantitative estimate of drug-likeness (QED) is 0.706. The first-order valence-corrected chi connectivity index (χ1v) is 7.78. The van der Waals surface area contributed by atoms with Crippen molar-refractivity contribution in [2.24, 2.45) is 5.92 Å². The molecule has 1 rings (SSSR count). The van der Waals surface area contributed by atoms with Gasteiger partial charge in [0, 0.05) is 12.6 Å². The van der Waals surface area contributed by atoms with E-state index in [0.717, 1.165) is 25.7 Å². The molecule has 0 atom stereocenters. The summed E-state index contributed by atoms with van der Waals surface area (Å²) >= 11 is 0. The van der Waals surface area contributed by atoms with E-state index in [1.807, 2.05) is 0 Å². The molecule has 0 unspecified atom stereocenters. The summed E-state index contributed by atoms with van der Waals surface area (Å²) in [7, 11) is 0. The van der Waals surface area contributed by atoms with E-state index in [2.05, 4.69) is 24.5 Å². The highest BCUT2D eigenvalue weighted by Gasteiger charge is 2.16. The third-order valence-corrected chi connectivity index (χ3v) is 3.53. The average Bonchev–Trinajstić information content (AvgIpc) is 2.42. The standard InChI is InChI=1S/C15H28N2O3/c1-12(2)7-6-10-16-15(19)20-11-14(18)17-13-8-4-3-5-9-13/h12-13H,3-11H2,1-2H3,(H,16,19)(H,17,18). The molecule has 0 aromatic heterocycles. The number of nitrogens with one attached hydrogen (secondary N) is 2. The molecule has 20 heavy (non-hydrogen) atoms. The maximum absolute atomic E-state index is 11.6. The lowest BCUT2D eigenvalue weighted by Gasteiger charge is -2.22. The Hall–Kier alpha value is -1.26. The van der Waals surface area contributed by atoms with E-state index < -0.39 is 6.09 Å². The predicted octanol–water partition coefficient (Wildman–Crippen LogP) is 2.60. The Morgan fingerprint density at radius 3 is 2.55 bits per heavy atom. The molecule has 1 saturated carbocycles. The van der Waals surface area contributed by atoms with E-state index in [9.17, 15) is 9.59 Å². The van der Waals surface area contributed by atoms with Crippen molar-refractivity contribution in [1.82, 2.24) is 10.6 Å². The fourth-order valence-electron chi connectivity index (χ4n) is 2.40. The number of rotatable bonds is 7. The molecule has 0 aromatic rings. The van der Waals surface area contributed by atoms with Gasteiger partial charge in [0.2, 0.25) is 0 Å². The Kier molecular flexibility index (Phi) is 8.07. The Labute approximate surface area is 121 Å². The minimum absolute atomic E-state index is 0.188. The van der Waals surface area contributed by atoms with Crippen molar-refractivity contribution in [2.75, 3.05) is 13.2 Å². The van der Waals surface area contributed by atoms with E-state index in [-0.39, 0.29) is 18.6 Å². The van der Waals surface area contributed by atoms with Gasteiger partial charge in [0.1, 0.15) is 0 Å². The Balaban J connectivity index is 2.03. The molecule has 5 heteroatoms. The highest BCUT2D eigenvalue weighted by Crippen LogP contribution is 2.17. The molecule has 0 saturated heterocycles. The SMILES string of the molecule is CC(C)CCCNC(=O)OCC(=O)NC1CCCCC1. The fourth-order valence-corrected chi connectivity index (χ4v) is 2.40. The molecule has 1 aliphatic rings. The van der Waals surface area contributed by atoms with Gasteiger partial charge in [0.25, 0.3) is 5.91 Å². The van der Waals surface area contributed by atoms with E-state index in [1.54, 1.807) is 0 Å². The molecule has 2 N–H and O–H groups in total. The normalized spacial score (nSPS) is 15.9. The van der Waals surface area contributed by atoms with Crippen LogP contribution in [0.5, 0.6) is 0 Å². The summed E-state index contributed by atoms with van der Waals surface area (Å²) in [6.07, 6.45) is 7.16. The van der Waals surface area contributed by atoms with E-state index in [0.29, 0.717) is 12.5 Å². The van der Waals surface area contributed by atoms with Crippen molar-refractivity contribution in [3.05, 3.63) is 0 Å². The lowest BCUT2D eigenvalue weighted by Crippen LogP contribution is -2.39. The number of hydrogen-bond donors (Lipinski definition) is 2. The topological polar surface area (TPSA) is 67.4 Å². The molecule has 0 aliphatic heterocycles. The molecular weight excluding hydrogens is 256 g/mol. The summed E-state index contributed by atoms with van der Waals surface area (Å²) in [4.78, 5) is 23.0. The Bertz CT molecular complexity index is 299. The molecule has 116 valence electrons. The number of carbonyl (C=O) groups excluding carboxylic acids is 2. The Morgan fingerprint density at radius 1 is 1.20 bits per heavy atom. The summed E-state index contributed by atoms with van der Waals surface area (Å²) in [5.74, 6) is 0.434. The second-order valence-electron chi connectivity index (χ2n) is 5.94. The summed E-state index contributed by atoms with van der Waals surface area (Å²) < 4.78 is 4.89. The van der Waals surface area contributed by atoms with Gasteiger partial charge in [-0.05, 0) is 31.6 Å². The number of carbonyl (C=O) groups is 2. The second-order valence-corrected chi connectivity index (χ2v) is 5.94. The molecular formula is C15H28N2O3. The number of hydrogen-bond acceptors (Lipinski definition) is 3. The third kappa shape index (κ3) is 8.02. The average molecular weight is 284 g/mol. The Morgan fingerprint density at radius 2 is 1.90 bits per heavy atom. The van der Waals surface area contributed by atoms with Crippen molar-refractivity contribution in [3.63, 3.8) is 0 Å². The molecule has 1 fully saturated rings. The second kappa shape index (κ2) is 9.61. The maximum atomic E-state index is 11.6. The number of amides is 2. The zero-order chi connectivity index (χ0) is 14.8. The van der Waals surface area contributed by atoms with Gasteiger partial charge in [-0.1, -0.05) is 33.1 Å². The highest BCUT2D eigenvalue weighted by atomic mass is 16.6. The number of alkyl carbamates (subject to hydrolysis) is 1. The van der Waals surface area contributed by atoms with Crippen LogP contribution in [0.25, 0.3) is 0 Å². The van der Waals surface area contributed by atoms with E-state index >= 15 is 0 Å². The molecule has 1 aliphatic carbocycles. The van der Waals surface area contributed by atoms with E-state index in [1.165, 1.54) is 19.3 Å². The van der Waals surface area contributed by atoms with Gasteiger partial charge < -0.3 is 15.4 Å². The van der Waals surface area contributed by atoms with Gasteiger partial charge in [-0.25, -0.2) is 4.79 Å². The van der Waals surface area contributed by atoms with Crippen molar-refractivity contribution in [2.45, 2.75) is 64.8 Å².